The summed E-state index contributed by atoms with van der Waals surface area (Å²) in [5, 5.41) is 26.5. The van der Waals surface area contributed by atoms with Crippen LogP contribution >= 0.6 is 0 Å². The van der Waals surface area contributed by atoms with Crippen LogP contribution in [-0.2, 0) is 16.1 Å². The average Bonchev–Trinajstić information content (AvgIpc) is 3.25. The zero-order valence-corrected chi connectivity index (χ0v) is 15.2. The Labute approximate surface area is 166 Å². The van der Waals surface area contributed by atoms with E-state index in [1.165, 1.54) is 18.5 Å². The summed E-state index contributed by atoms with van der Waals surface area (Å²) in [5.74, 6) is -5.51. The molecule has 2 saturated heterocycles. The topological polar surface area (TPSA) is 114 Å². The molecule has 13 heteroatoms. The number of carbonyl (C=O) groups is 2. The van der Waals surface area contributed by atoms with Crippen LogP contribution < -0.4 is 5.32 Å². The molecule has 2 heterocycles. The smallest absolute Gasteiger partial charge is 0.475 e. The van der Waals surface area contributed by atoms with E-state index in [9.17, 15) is 26.3 Å². The summed E-state index contributed by atoms with van der Waals surface area (Å²) in [6.07, 6.45) is -8.86. The molecule has 2 aliphatic heterocycles. The van der Waals surface area contributed by atoms with Gasteiger partial charge in [0.05, 0.1) is 11.6 Å². The van der Waals surface area contributed by atoms with Crippen molar-refractivity contribution in [2.75, 3.05) is 13.1 Å². The maximum atomic E-state index is 10.6. The number of aliphatic carboxylic acids is 2. The van der Waals surface area contributed by atoms with Crippen LogP contribution in [0.1, 0.15) is 17.5 Å². The number of benzene rings is 1. The third-order valence-corrected chi connectivity index (χ3v) is 4.12. The van der Waals surface area contributed by atoms with E-state index in [2.05, 4.69) is 28.4 Å². The highest BCUT2D eigenvalue weighted by molar-refractivity contribution is 5.73. The number of carboxylic acids is 2. The molecular weight excluding hydrogens is 424 g/mol. The fourth-order valence-corrected chi connectivity index (χ4v) is 2.76. The van der Waals surface area contributed by atoms with E-state index in [-0.39, 0.29) is 0 Å². The molecule has 0 aliphatic carbocycles. The van der Waals surface area contributed by atoms with Gasteiger partial charge in [-0.05, 0) is 24.1 Å². The number of alkyl halides is 6. The third-order valence-electron chi connectivity index (χ3n) is 4.12. The Hall–Kier alpha value is -2.85. The summed E-state index contributed by atoms with van der Waals surface area (Å²) in [5.41, 5.74) is 2.06. The summed E-state index contributed by atoms with van der Waals surface area (Å²) in [4.78, 5) is 20.3. The molecule has 2 fully saturated rings. The quantitative estimate of drug-likeness (QED) is 0.604. The highest BCUT2D eigenvalue weighted by atomic mass is 19.4. The lowest BCUT2D eigenvalue weighted by atomic mass is 10.1. The molecular formula is C17H17F6N3O4. The number of nitriles is 1. The first kappa shape index (κ1) is 25.2. The highest BCUT2D eigenvalue weighted by Crippen LogP contribution is 2.25. The third kappa shape index (κ3) is 8.26. The number of rotatable bonds is 2. The highest BCUT2D eigenvalue weighted by Gasteiger charge is 2.39. The molecule has 0 unspecified atom stereocenters. The number of likely N-dealkylation sites (tertiary alicyclic amines) is 1. The molecule has 7 nitrogen and oxygen atoms in total. The van der Waals surface area contributed by atoms with Crippen LogP contribution in [0.25, 0.3) is 0 Å². The van der Waals surface area contributed by atoms with Gasteiger partial charge in [-0.15, -0.1) is 0 Å². The Kier molecular flexibility index (Phi) is 8.61. The number of hydrogen-bond acceptors (Lipinski definition) is 5. The van der Waals surface area contributed by atoms with Crippen molar-refractivity contribution in [2.24, 2.45) is 0 Å². The first-order valence-electron chi connectivity index (χ1n) is 8.30. The molecule has 166 valence electrons. The van der Waals surface area contributed by atoms with Gasteiger partial charge >= 0.3 is 24.3 Å². The van der Waals surface area contributed by atoms with Crippen LogP contribution in [0.2, 0.25) is 0 Å². The van der Waals surface area contributed by atoms with Gasteiger partial charge in [0.1, 0.15) is 0 Å². The maximum absolute atomic E-state index is 10.6. The number of piperazine rings is 1. The van der Waals surface area contributed by atoms with Gasteiger partial charge in [-0.1, -0.05) is 12.1 Å². The van der Waals surface area contributed by atoms with Crippen molar-refractivity contribution in [3.63, 3.8) is 0 Å². The van der Waals surface area contributed by atoms with Gasteiger partial charge < -0.3 is 15.5 Å². The zero-order valence-electron chi connectivity index (χ0n) is 15.2. The molecule has 0 spiro atoms. The van der Waals surface area contributed by atoms with E-state index in [0.717, 1.165) is 24.7 Å². The zero-order chi connectivity index (χ0) is 23.1. The minimum Gasteiger partial charge on any atom is -0.475 e. The lowest BCUT2D eigenvalue weighted by Gasteiger charge is -2.27. The van der Waals surface area contributed by atoms with Crippen LogP contribution in [0.5, 0.6) is 0 Å². The number of nitrogens with zero attached hydrogens (tertiary/aromatic N) is 2. The molecule has 0 aromatic heterocycles. The molecule has 3 rings (SSSR count). The fourth-order valence-electron chi connectivity index (χ4n) is 2.76. The molecule has 3 N–H and O–H groups in total. The van der Waals surface area contributed by atoms with E-state index in [1.54, 1.807) is 0 Å². The van der Waals surface area contributed by atoms with Crippen molar-refractivity contribution < 1.29 is 46.1 Å². The number of fused-ring (bicyclic) bond motifs is 2. The normalized spacial score (nSPS) is 20.3. The van der Waals surface area contributed by atoms with E-state index < -0.39 is 24.3 Å². The monoisotopic (exact) mass is 441 g/mol. The van der Waals surface area contributed by atoms with Gasteiger partial charge in [0.15, 0.2) is 0 Å². The molecule has 2 atom stereocenters. The predicted molar refractivity (Wildman–Crippen MR) is 89.1 cm³/mol. The summed E-state index contributed by atoms with van der Waals surface area (Å²) in [6.45, 7) is 3.33. The van der Waals surface area contributed by atoms with Crippen molar-refractivity contribution in [2.45, 2.75) is 37.4 Å². The molecule has 0 amide bonds. The minimum atomic E-state index is -5.08. The Morgan fingerprint density at radius 2 is 1.53 bits per heavy atom. The number of halogens is 6. The Morgan fingerprint density at radius 1 is 1.07 bits per heavy atom. The van der Waals surface area contributed by atoms with Gasteiger partial charge in [0.2, 0.25) is 0 Å². The van der Waals surface area contributed by atoms with Gasteiger partial charge in [-0.25, -0.2) is 9.59 Å². The van der Waals surface area contributed by atoms with E-state index in [4.69, 9.17) is 25.1 Å². The second-order valence-electron chi connectivity index (χ2n) is 6.34. The van der Waals surface area contributed by atoms with Crippen molar-refractivity contribution in [3.8, 4) is 6.07 Å². The van der Waals surface area contributed by atoms with Gasteiger partial charge in [0, 0.05) is 31.7 Å². The number of carboxylic acid groups (broad SMARTS) is 2. The molecule has 1 aromatic rings. The molecule has 1 aromatic carbocycles. The van der Waals surface area contributed by atoms with E-state index in [1.807, 2.05) is 12.1 Å². The summed E-state index contributed by atoms with van der Waals surface area (Å²) >= 11 is 0. The van der Waals surface area contributed by atoms with Gasteiger partial charge in [-0.2, -0.15) is 31.6 Å². The van der Waals surface area contributed by atoms with Crippen LogP contribution in [0.3, 0.4) is 0 Å². The van der Waals surface area contributed by atoms with Crippen LogP contribution in [0, 0.1) is 11.3 Å². The van der Waals surface area contributed by atoms with E-state index in [0.29, 0.717) is 6.04 Å². The fraction of sp³-hybridized carbons (Fsp3) is 0.471. The SMILES string of the molecule is N#Cc1ccc(CN2C[C@@H]3C[C@H]2CN3)cc1.O=C(O)C(F)(F)F.O=C(O)C(F)(F)F. The first-order chi connectivity index (χ1) is 13.7. The Morgan fingerprint density at radius 3 is 1.83 bits per heavy atom. The lowest BCUT2D eigenvalue weighted by Crippen LogP contribution is -2.42. The Bertz CT molecular complexity index is 750. The van der Waals surface area contributed by atoms with Gasteiger partial charge in [-0.3, -0.25) is 4.90 Å². The largest absolute Gasteiger partial charge is 0.490 e. The standard InChI is InChI=1S/C13H15N3.2C2HF3O2/c14-6-10-1-3-11(4-2-10)8-16-9-12-5-13(16)7-15-12;2*3-2(4,5)1(6)7/h1-4,12-13,15H,5,7-9H2;2*(H,6,7)/t12-,13-;;/m0../s1. The van der Waals surface area contributed by atoms with Crippen LogP contribution in [-0.4, -0.2) is 64.6 Å². The maximum Gasteiger partial charge on any atom is 0.490 e. The Balaban J connectivity index is 0.000000271. The number of nitrogens with one attached hydrogen (secondary N) is 1. The molecule has 30 heavy (non-hydrogen) atoms. The summed E-state index contributed by atoms with van der Waals surface area (Å²) in [7, 11) is 0. The average molecular weight is 441 g/mol. The van der Waals surface area contributed by atoms with Crippen molar-refractivity contribution >= 4 is 11.9 Å². The van der Waals surface area contributed by atoms with Crippen molar-refractivity contribution in [1.29, 1.82) is 5.26 Å². The summed E-state index contributed by atoms with van der Waals surface area (Å²) in [6, 6.07) is 11.5. The minimum absolute atomic E-state index is 0.711. The summed E-state index contributed by atoms with van der Waals surface area (Å²) < 4.78 is 63.5. The predicted octanol–water partition coefficient (Wildman–Crippen LogP) is 2.37. The van der Waals surface area contributed by atoms with Gasteiger partial charge in [0.25, 0.3) is 0 Å². The van der Waals surface area contributed by atoms with Crippen molar-refractivity contribution in [3.05, 3.63) is 35.4 Å². The molecule has 0 radical (unpaired) electrons. The molecule has 2 aliphatic rings. The van der Waals surface area contributed by atoms with Crippen molar-refractivity contribution in [1.82, 2.24) is 10.2 Å². The second kappa shape index (κ2) is 10.3. The molecule has 2 bridgehead atoms. The van der Waals surface area contributed by atoms with Crippen LogP contribution in [0.4, 0.5) is 26.3 Å². The molecule has 0 saturated carbocycles. The van der Waals surface area contributed by atoms with E-state index >= 15 is 0 Å². The first-order valence-corrected chi connectivity index (χ1v) is 8.30. The van der Waals surface area contributed by atoms with Crippen LogP contribution in [0.15, 0.2) is 24.3 Å². The second-order valence-corrected chi connectivity index (χ2v) is 6.34. The lowest BCUT2D eigenvalue weighted by molar-refractivity contribution is -0.193. The number of hydrogen-bond donors (Lipinski definition) is 3.